The van der Waals surface area contributed by atoms with Crippen LogP contribution in [0.1, 0.15) is 20.3 Å². The molecule has 0 radical (unpaired) electrons. The number of hydrogen-bond acceptors (Lipinski definition) is 3. The molecular formula is C9H21NO2. The molecule has 0 saturated carbocycles. The molecular weight excluding hydrogens is 154 g/mol. The highest BCUT2D eigenvalue weighted by Gasteiger charge is 1.88. The zero-order chi connectivity index (χ0) is 9.07. The summed E-state index contributed by atoms with van der Waals surface area (Å²) >= 11 is 0. The third kappa shape index (κ3) is 9.88. The second kappa shape index (κ2) is 10.9. The quantitative estimate of drug-likeness (QED) is 0.531. The Morgan fingerprint density at radius 3 is 2.42 bits per heavy atom. The average molecular weight is 175 g/mol. The van der Waals surface area contributed by atoms with Gasteiger partial charge in [-0.2, -0.15) is 0 Å². The molecule has 0 rings (SSSR count). The maximum atomic E-state index is 5.32. The molecule has 12 heavy (non-hydrogen) atoms. The van der Waals surface area contributed by atoms with E-state index < -0.39 is 0 Å². The monoisotopic (exact) mass is 175 g/mol. The summed E-state index contributed by atoms with van der Waals surface area (Å²) in [7, 11) is 0. The van der Waals surface area contributed by atoms with E-state index in [1.54, 1.807) is 0 Å². The first-order valence-electron chi connectivity index (χ1n) is 4.78. The molecule has 3 heteroatoms. The molecule has 0 bridgehead atoms. The zero-order valence-corrected chi connectivity index (χ0v) is 8.27. The highest BCUT2D eigenvalue weighted by Crippen LogP contribution is 1.82. The maximum Gasteiger partial charge on any atom is 0.0700 e. The minimum atomic E-state index is 0.720. The van der Waals surface area contributed by atoms with Gasteiger partial charge in [0.1, 0.15) is 0 Å². The van der Waals surface area contributed by atoms with E-state index in [-0.39, 0.29) is 0 Å². The number of hydrogen-bond donors (Lipinski definition) is 1. The van der Waals surface area contributed by atoms with E-state index in [0.717, 1.165) is 45.9 Å². The third-order valence-electron chi connectivity index (χ3n) is 1.47. The van der Waals surface area contributed by atoms with Crippen LogP contribution < -0.4 is 5.32 Å². The van der Waals surface area contributed by atoms with Crippen molar-refractivity contribution in [2.24, 2.45) is 0 Å². The molecule has 0 heterocycles. The van der Waals surface area contributed by atoms with Gasteiger partial charge in [-0.3, -0.25) is 0 Å². The molecule has 0 fully saturated rings. The first kappa shape index (κ1) is 11.9. The number of nitrogens with one attached hydrogen (secondary N) is 1. The summed E-state index contributed by atoms with van der Waals surface area (Å²) in [6.45, 7) is 9.24. The molecule has 0 spiro atoms. The minimum absolute atomic E-state index is 0.720. The molecule has 0 aliphatic rings. The predicted octanol–water partition coefficient (Wildman–Crippen LogP) is 1.04. The van der Waals surface area contributed by atoms with Crippen molar-refractivity contribution in [1.82, 2.24) is 5.32 Å². The Morgan fingerprint density at radius 1 is 1.00 bits per heavy atom. The van der Waals surface area contributed by atoms with E-state index in [1.165, 1.54) is 0 Å². The van der Waals surface area contributed by atoms with Crippen LogP contribution >= 0.6 is 0 Å². The first-order valence-corrected chi connectivity index (χ1v) is 4.78. The number of ether oxygens (including phenoxy) is 2. The summed E-state index contributed by atoms with van der Waals surface area (Å²) in [5.74, 6) is 0. The summed E-state index contributed by atoms with van der Waals surface area (Å²) in [6, 6.07) is 0. The topological polar surface area (TPSA) is 30.5 Å². The average Bonchev–Trinajstić information content (AvgIpc) is 2.10. The SMILES string of the molecule is CCNCCCOCCOCC. The smallest absolute Gasteiger partial charge is 0.0700 e. The molecule has 0 amide bonds. The van der Waals surface area contributed by atoms with Crippen molar-refractivity contribution >= 4 is 0 Å². The van der Waals surface area contributed by atoms with E-state index in [1.807, 2.05) is 6.92 Å². The van der Waals surface area contributed by atoms with Crippen molar-refractivity contribution < 1.29 is 9.47 Å². The van der Waals surface area contributed by atoms with Crippen molar-refractivity contribution in [2.75, 3.05) is 39.5 Å². The Bertz CT molecular complexity index is 68.9. The van der Waals surface area contributed by atoms with Gasteiger partial charge in [-0.15, -0.1) is 0 Å². The van der Waals surface area contributed by atoms with Crippen molar-refractivity contribution in [3.8, 4) is 0 Å². The van der Waals surface area contributed by atoms with Gasteiger partial charge in [0.05, 0.1) is 13.2 Å². The summed E-state index contributed by atoms with van der Waals surface area (Å²) in [5.41, 5.74) is 0. The van der Waals surface area contributed by atoms with Gasteiger partial charge in [0.25, 0.3) is 0 Å². The van der Waals surface area contributed by atoms with Gasteiger partial charge in [-0.05, 0) is 26.4 Å². The lowest BCUT2D eigenvalue weighted by molar-refractivity contribution is 0.0520. The van der Waals surface area contributed by atoms with E-state index in [4.69, 9.17) is 9.47 Å². The van der Waals surface area contributed by atoms with Gasteiger partial charge in [0.2, 0.25) is 0 Å². The summed E-state index contributed by atoms with van der Waals surface area (Å²) < 4.78 is 10.4. The maximum absolute atomic E-state index is 5.32. The van der Waals surface area contributed by atoms with E-state index >= 15 is 0 Å². The van der Waals surface area contributed by atoms with Gasteiger partial charge >= 0.3 is 0 Å². The van der Waals surface area contributed by atoms with Crippen LogP contribution in [0.5, 0.6) is 0 Å². The standard InChI is InChI=1S/C9H21NO2/c1-3-10-6-5-7-12-9-8-11-4-2/h10H,3-9H2,1-2H3. The normalized spacial score (nSPS) is 10.5. The van der Waals surface area contributed by atoms with E-state index in [9.17, 15) is 0 Å². The zero-order valence-electron chi connectivity index (χ0n) is 8.27. The number of rotatable bonds is 9. The lowest BCUT2D eigenvalue weighted by Gasteiger charge is -2.04. The molecule has 0 unspecified atom stereocenters. The van der Waals surface area contributed by atoms with Crippen LogP contribution in [-0.2, 0) is 9.47 Å². The van der Waals surface area contributed by atoms with Crippen LogP contribution in [0, 0.1) is 0 Å². The van der Waals surface area contributed by atoms with Crippen LogP contribution in [0.3, 0.4) is 0 Å². The third-order valence-corrected chi connectivity index (χ3v) is 1.47. The Balaban J connectivity index is 2.73. The molecule has 0 aromatic carbocycles. The van der Waals surface area contributed by atoms with Gasteiger partial charge in [-0.1, -0.05) is 6.92 Å². The molecule has 0 aliphatic heterocycles. The van der Waals surface area contributed by atoms with Gasteiger partial charge in [0, 0.05) is 13.2 Å². The highest BCUT2D eigenvalue weighted by atomic mass is 16.5. The fourth-order valence-corrected chi connectivity index (χ4v) is 0.840. The summed E-state index contributed by atoms with van der Waals surface area (Å²) in [6.07, 6.45) is 1.08. The second-order valence-corrected chi connectivity index (χ2v) is 2.52. The van der Waals surface area contributed by atoms with Gasteiger partial charge < -0.3 is 14.8 Å². The van der Waals surface area contributed by atoms with Gasteiger partial charge in [0.15, 0.2) is 0 Å². The highest BCUT2D eigenvalue weighted by molar-refractivity contribution is 4.42. The summed E-state index contributed by atoms with van der Waals surface area (Å²) in [4.78, 5) is 0. The fourth-order valence-electron chi connectivity index (χ4n) is 0.840. The van der Waals surface area contributed by atoms with Crippen LogP contribution in [-0.4, -0.2) is 39.5 Å². The largest absolute Gasteiger partial charge is 0.379 e. The molecule has 74 valence electrons. The Kier molecular flexibility index (Phi) is 10.8. The van der Waals surface area contributed by atoms with E-state index in [2.05, 4.69) is 12.2 Å². The van der Waals surface area contributed by atoms with Crippen molar-refractivity contribution in [1.29, 1.82) is 0 Å². The molecule has 0 atom stereocenters. The molecule has 0 aromatic heterocycles. The Morgan fingerprint density at radius 2 is 1.75 bits per heavy atom. The molecule has 3 nitrogen and oxygen atoms in total. The van der Waals surface area contributed by atoms with E-state index in [0.29, 0.717) is 0 Å². The summed E-state index contributed by atoms with van der Waals surface area (Å²) in [5, 5.41) is 3.24. The minimum Gasteiger partial charge on any atom is -0.379 e. The van der Waals surface area contributed by atoms with Crippen LogP contribution in [0.25, 0.3) is 0 Å². The lowest BCUT2D eigenvalue weighted by Crippen LogP contribution is -2.16. The Hall–Kier alpha value is -0.120. The Labute approximate surface area is 75.4 Å². The molecule has 0 saturated heterocycles. The predicted molar refractivity (Wildman–Crippen MR) is 50.5 cm³/mol. The fraction of sp³-hybridized carbons (Fsp3) is 1.00. The second-order valence-electron chi connectivity index (χ2n) is 2.52. The molecule has 0 aliphatic carbocycles. The van der Waals surface area contributed by atoms with Crippen molar-refractivity contribution in [3.05, 3.63) is 0 Å². The van der Waals surface area contributed by atoms with Crippen LogP contribution in [0.4, 0.5) is 0 Å². The van der Waals surface area contributed by atoms with Crippen LogP contribution in [0.2, 0.25) is 0 Å². The van der Waals surface area contributed by atoms with Crippen molar-refractivity contribution in [2.45, 2.75) is 20.3 Å². The van der Waals surface area contributed by atoms with Crippen LogP contribution in [0.15, 0.2) is 0 Å². The first-order chi connectivity index (χ1) is 5.91. The van der Waals surface area contributed by atoms with Gasteiger partial charge in [-0.25, -0.2) is 0 Å². The van der Waals surface area contributed by atoms with Crippen molar-refractivity contribution in [3.63, 3.8) is 0 Å². The molecule has 0 aromatic rings. The molecule has 1 N–H and O–H groups in total. The lowest BCUT2D eigenvalue weighted by atomic mass is 10.4.